The van der Waals surface area contributed by atoms with Crippen LogP contribution in [0.1, 0.15) is 91.9 Å². The summed E-state index contributed by atoms with van der Waals surface area (Å²) in [6.45, 7) is 8.32. The predicted octanol–water partition coefficient (Wildman–Crippen LogP) is 5.50. The summed E-state index contributed by atoms with van der Waals surface area (Å²) in [5, 5.41) is -0.787. The summed E-state index contributed by atoms with van der Waals surface area (Å²) in [5.41, 5.74) is 0. The molecule has 0 amide bonds. The molecule has 0 saturated carbocycles. The Hall–Kier alpha value is 0.150. The van der Waals surface area contributed by atoms with E-state index in [1.54, 1.807) is 0 Å². The van der Waals surface area contributed by atoms with Crippen LogP contribution in [-0.2, 0) is 4.57 Å². The monoisotopic (exact) mass is 306 g/mol. The number of hydrogen-bond acceptors (Lipinski definition) is 1. The molecule has 0 rings (SSSR count). The molecule has 0 aromatic carbocycles. The third-order valence-electron chi connectivity index (χ3n) is 4.81. The van der Waals surface area contributed by atoms with Gasteiger partial charge in [0.05, 0.1) is 5.16 Å². The molecule has 0 spiro atoms. The minimum Gasteiger partial charge on any atom is -0.324 e. The van der Waals surface area contributed by atoms with Crippen molar-refractivity contribution in [2.75, 3.05) is 0 Å². The van der Waals surface area contributed by atoms with Gasteiger partial charge in [-0.25, -0.2) is 0 Å². The maximum atomic E-state index is 12.2. The summed E-state index contributed by atoms with van der Waals surface area (Å²) in [5.74, 6) is 0.148. The molecule has 0 saturated heterocycles. The van der Waals surface area contributed by atoms with E-state index in [9.17, 15) is 14.4 Å². The molecule has 2 N–H and O–H groups in total. The Labute approximate surface area is 125 Å². The van der Waals surface area contributed by atoms with Gasteiger partial charge >= 0.3 is 7.60 Å². The molecule has 0 aliphatic carbocycles. The van der Waals surface area contributed by atoms with Gasteiger partial charge in [0.15, 0.2) is 0 Å². The molecule has 0 bridgehead atoms. The average molecular weight is 306 g/mol. The van der Waals surface area contributed by atoms with Crippen molar-refractivity contribution in [2.24, 2.45) is 5.92 Å². The van der Waals surface area contributed by atoms with Gasteiger partial charge in [0.1, 0.15) is 0 Å². The van der Waals surface area contributed by atoms with Gasteiger partial charge in [-0.3, -0.25) is 4.57 Å². The van der Waals surface area contributed by atoms with Crippen molar-refractivity contribution in [3.63, 3.8) is 0 Å². The van der Waals surface area contributed by atoms with E-state index in [1.165, 1.54) is 0 Å². The van der Waals surface area contributed by atoms with Crippen LogP contribution in [-0.4, -0.2) is 14.9 Å². The highest BCUT2D eigenvalue weighted by atomic mass is 31.2. The molecule has 0 aromatic rings. The average Bonchev–Trinajstić information content (AvgIpc) is 2.40. The summed E-state index contributed by atoms with van der Waals surface area (Å²) in [4.78, 5) is 20.0. The lowest BCUT2D eigenvalue weighted by Gasteiger charge is -2.40. The van der Waals surface area contributed by atoms with E-state index in [0.29, 0.717) is 12.8 Å². The second kappa shape index (κ2) is 9.97. The number of hydrogen-bond donors (Lipinski definition) is 2. The van der Waals surface area contributed by atoms with Crippen molar-refractivity contribution in [3.8, 4) is 0 Å². The molecule has 0 aliphatic heterocycles. The highest BCUT2D eigenvalue weighted by molar-refractivity contribution is 7.53. The van der Waals surface area contributed by atoms with Crippen LogP contribution in [0.15, 0.2) is 0 Å². The van der Waals surface area contributed by atoms with Crippen LogP contribution < -0.4 is 0 Å². The molecule has 20 heavy (non-hydrogen) atoms. The first-order valence-corrected chi connectivity index (χ1v) is 10.1. The van der Waals surface area contributed by atoms with E-state index >= 15 is 0 Å². The molecule has 0 fully saturated rings. The fourth-order valence-corrected chi connectivity index (χ4v) is 5.07. The minimum atomic E-state index is -4.07. The zero-order valence-electron chi connectivity index (χ0n) is 13.9. The van der Waals surface area contributed by atoms with Gasteiger partial charge in [-0.15, -0.1) is 0 Å². The lowest BCUT2D eigenvalue weighted by Crippen LogP contribution is -2.37. The third-order valence-corrected chi connectivity index (χ3v) is 6.88. The maximum Gasteiger partial charge on any atom is 0.331 e. The Balaban J connectivity index is 5.04. The van der Waals surface area contributed by atoms with E-state index in [0.717, 1.165) is 51.4 Å². The highest BCUT2D eigenvalue weighted by Crippen LogP contribution is 2.60. The second-order valence-corrected chi connectivity index (χ2v) is 8.04. The molecule has 122 valence electrons. The SMILES string of the molecule is CCCCCCC(CC)(C(CC)CCCC)P(=O)(O)O. The first-order chi connectivity index (χ1) is 9.39. The first-order valence-electron chi connectivity index (χ1n) is 8.45. The Kier molecular flexibility index (Phi) is 10.0. The second-order valence-electron chi connectivity index (χ2n) is 6.06. The summed E-state index contributed by atoms with van der Waals surface area (Å²) >= 11 is 0. The van der Waals surface area contributed by atoms with Crippen LogP contribution in [0, 0.1) is 5.92 Å². The molecule has 4 heteroatoms. The normalized spacial score (nSPS) is 16.9. The van der Waals surface area contributed by atoms with Gasteiger partial charge in [0.25, 0.3) is 0 Å². The van der Waals surface area contributed by atoms with Crippen LogP contribution >= 0.6 is 7.60 Å². The smallest absolute Gasteiger partial charge is 0.324 e. The van der Waals surface area contributed by atoms with Crippen LogP contribution in [0.25, 0.3) is 0 Å². The topological polar surface area (TPSA) is 57.5 Å². The molecule has 2 unspecified atom stereocenters. The first kappa shape index (κ1) is 20.1. The molecule has 2 atom stereocenters. The van der Waals surface area contributed by atoms with E-state index in [4.69, 9.17) is 0 Å². The Morgan fingerprint density at radius 2 is 1.55 bits per heavy atom. The van der Waals surface area contributed by atoms with Crippen LogP contribution in [0.3, 0.4) is 0 Å². The van der Waals surface area contributed by atoms with E-state index in [2.05, 4.69) is 20.8 Å². The summed E-state index contributed by atoms with van der Waals surface area (Å²) in [6, 6.07) is 0. The van der Waals surface area contributed by atoms with Crippen molar-refractivity contribution < 1.29 is 14.4 Å². The molecular weight excluding hydrogens is 271 g/mol. The van der Waals surface area contributed by atoms with E-state index < -0.39 is 12.8 Å². The number of unbranched alkanes of at least 4 members (excludes halogenated alkanes) is 4. The van der Waals surface area contributed by atoms with Gasteiger partial charge in [-0.2, -0.15) is 0 Å². The van der Waals surface area contributed by atoms with Crippen LogP contribution in [0.2, 0.25) is 0 Å². The van der Waals surface area contributed by atoms with Crippen molar-refractivity contribution in [1.29, 1.82) is 0 Å². The third kappa shape index (κ3) is 5.50. The standard InChI is InChI=1S/C16H35O3P/c1-5-9-11-12-14-16(8-4,20(17,18)19)15(7-3)13-10-6-2/h15H,5-14H2,1-4H3,(H2,17,18,19). The summed E-state index contributed by atoms with van der Waals surface area (Å²) in [7, 11) is -4.07. The lowest BCUT2D eigenvalue weighted by molar-refractivity contribution is 0.227. The fourth-order valence-electron chi connectivity index (χ4n) is 3.42. The summed E-state index contributed by atoms with van der Waals surface area (Å²) in [6.07, 6.45) is 9.57. The molecule has 0 aliphatic rings. The van der Waals surface area contributed by atoms with Gasteiger partial charge in [-0.05, 0) is 25.2 Å². The van der Waals surface area contributed by atoms with Crippen LogP contribution in [0.4, 0.5) is 0 Å². The molecule has 0 radical (unpaired) electrons. The van der Waals surface area contributed by atoms with Crippen molar-refractivity contribution >= 4 is 7.60 Å². The van der Waals surface area contributed by atoms with E-state index in [-0.39, 0.29) is 5.92 Å². The Morgan fingerprint density at radius 3 is 1.95 bits per heavy atom. The maximum absolute atomic E-state index is 12.2. The fraction of sp³-hybridized carbons (Fsp3) is 1.00. The van der Waals surface area contributed by atoms with Crippen molar-refractivity contribution in [3.05, 3.63) is 0 Å². The van der Waals surface area contributed by atoms with Gasteiger partial charge in [0, 0.05) is 0 Å². The zero-order valence-corrected chi connectivity index (χ0v) is 14.8. The van der Waals surface area contributed by atoms with Gasteiger partial charge < -0.3 is 9.79 Å². The van der Waals surface area contributed by atoms with Crippen molar-refractivity contribution in [2.45, 2.75) is 97.1 Å². The highest BCUT2D eigenvalue weighted by Gasteiger charge is 2.49. The summed E-state index contributed by atoms with van der Waals surface area (Å²) < 4.78 is 12.2. The van der Waals surface area contributed by atoms with Gasteiger partial charge in [-0.1, -0.05) is 72.6 Å². The molecule has 0 heterocycles. The lowest BCUT2D eigenvalue weighted by atomic mass is 9.80. The minimum absolute atomic E-state index is 0.148. The van der Waals surface area contributed by atoms with Crippen molar-refractivity contribution in [1.82, 2.24) is 0 Å². The molecule has 0 aromatic heterocycles. The quantitative estimate of drug-likeness (QED) is 0.370. The largest absolute Gasteiger partial charge is 0.331 e. The van der Waals surface area contributed by atoms with E-state index in [1.807, 2.05) is 6.92 Å². The Morgan fingerprint density at radius 1 is 0.950 bits per heavy atom. The van der Waals surface area contributed by atoms with Gasteiger partial charge in [0.2, 0.25) is 0 Å². The number of rotatable bonds is 12. The zero-order chi connectivity index (χ0) is 15.6. The molecular formula is C16H35O3P. The predicted molar refractivity (Wildman–Crippen MR) is 87.1 cm³/mol. The molecule has 3 nitrogen and oxygen atoms in total. The Bertz CT molecular complexity index is 287. The van der Waals surface area contributed by atoms with Crippen LogP contribution in [0.5, 0.6) is 0 Å².